The van der Waals surface area contributed by atoms with Crippen LogP contribution >= 0.6 is 15.9 Å². The van der Waals surface area contributed by atoms with Crippen LogP contribution in [0.4, 0.5) is 0 Å². The molecule has 2 rings (SSSR count). The fourth-order valence-corrected chi connectivity index (χ4v) is 2.85. The van der Waals surface area contributed by atoms with Crippen molar-refractivity contribution in [2.45, 2.75) is 25.7 Å². The molecular weight excluding hydrogens is 322 g/mol. The molecule has 1 aromatic carbocycles. The van der Waals surface area contributed by atoms with Gasteiger partial charge in [-0.3, -0.25) is 9.59 Å². The van der Waals surface area contributed by atoms with E-state index in [9.17, 15) is 9.59 Å². The molecule has 20 heavy (non-hydrogen) atoms. The Morgan fingerprint density at radius 1 is 1.35 bits per heavy atom. The number of hydrogen-bond acceptors (Lipinski definition) is 3. The number of Topliss-reactive ketones (excluding diaryl/α,β-unsaturated/α-hetero) is 1. The summed E-state index contributed by atoms with van der Waals surface area (Å²) in [6.45, 7) is 0.847. The largest absolute Gasteiger partial charge is 0.496 e. The summed E-state index contributed by atoms with van der Waals surface area (Å²) in [6.07, 6.45) is 3.52. The molecule has 0 spiro atoms. The lowest BCUT2D eigenvalue weighted by Crippen LogP contribution is -2.35. The molecule has 1 saturated heterocycles. The van der Waals surface area contributed by atoms with Crippen LogP contribution in [-0.4, -0.2) is 36.8 Å². The van der Waals surface area contributed by atoms with Crippen molar-refractivity contribution in [3.8, 4) is 5.75 Å². The molecule has 1 heterocycles. The van der Waals surface area contributed by atoms with Gasteiger partial charge in [-0.1, -0.05) is 6.42 Å². The van der Waals surface area contributed by atoms with E-state index in [1.807, 2.05) is 0 Å². The summed E-state index contributed by atoms with van der Waals surface area (Å²) in [4.78, 5) is 25.8. The molecule has 0 aliphatic carbocycles. The Morgan fingerprint density at radius 3 is 2.85 bits per heavy atom. The average Bonchev–Trinajstić information content (AvgIpc) is 2.64. The number of benzene rings is 1. The van der Waals surface area contributed by atoms with E-state index in [1.165, 1.54) is 0 Å². The molecule has 4 nitrogen and oxygen atoms in total. The Kier molecular flexibility index (Phi) is 5.17. The van der Waals surface area contributed by atoms with Gasteiger partial charge in [-0.25, -0.2) is 0 Å². The maximum absolute atomic E-state index is 12.3. The predicted molar refractivity (Wildman–Crippen MR) is 80.1 cm³/mol. The summed E-state index contributed by atoms with van der Waals surface area (Å²) in [5, 5.41) is 0. The molecule has 1 aliphatic rings. The smallest absolute Gasteiger partial charge is 0.222 e. The molecule has 0 bridgehead atoms. The molecule has 108 valence electrons. The van der Waals surface area contributed by atoms with Crippen LogP contribution in [0.2, 0.25) is 0 Å². The minimum absolute atomic E-state index is 0.0383. The van der Waals surface area contributed by atoms with E-state index in [4.69, 9.17) is 4.74 Å². The van der Waals surface area contributed by atoms with Crippen LogP contribution in [0.1, 0.15) is 36.0 Å². The molecule has 1 aliphatic heterocycles. The third-order valence-corrected chi connectivity index (χ3v) is 4.10. The van der Waals surface area contributed by atoms with Crippen LogP contribution in [0.3, 0.4) is 0 Å². The van der Waals surface area contributed by atoms with Crippen molar-refractivity contribution in [3.05, 3.63) is 28.2 Å². The van der Waals surface area contributed by atoms with Gasteiger partial charge in [-0.15, -0.1) is 0 Å². The lowest BCUT2D eigenvalue weighted by atomic mass is 10.1. The molecule has 5 heteroatoms. The molecule has 1 fully saturated rings. The van der Waals surface area contributed by atoms with E-state index < -0.39 is 0 Å². The van der Waals surface area contributed by atoms with Crippen LogP contribution in [0.15, 0.2) is 22.7 Å². The fourth-order valence-electron chi connectivity index (χ4n) is 2.31. The van der Waals surface area contributed by atoms with Crippen molar-refractivity contribution in [1.29, 1.82) is 0 Å². The van der Waals surface area contributed by atoms with Gasteiger partial charge in [0.25, 0.3) is 0 Å². The highest BCUT2D eigenvalue weighted by molar-refractivity contribution is 9.10. The number of nitrogens with zero attached hydrogens (tertiary/aromatic N) is 1. The minimum atomic E-state index is -0.0383. The highest BCUT2D eigenvalue weighted by Gasteiger charge is 2.20. The Labute approximate surface area is 127 Å². The number of halogens is 1. The van der Waals surface area contributed by atoms with Gasteiger partial charge in [-0.05, 0) is 47.0 Å². The number of amides is 1. The number of ketones is 1. The van der Waals surface area contributed by atoms with Crippen LogP contribution < -0.4 is 4.74 Å². The van der Waals surface area contributed by atoms with Gasteiger partial charge >= 0.3 is 0 Å². The van der Waals surface area contributed by atoms with Gasteiger partial charge in [0.15, 0.2) is 5.78 Å². The third-order valence-electron chi connectivity index (χ3n) is 3.48. The monoisotopic (exact) mass is 339 g/mol. The van der Waals surface area contributed by atoms with Crippen molar-refractivity contribution in [3.63, 3.8) is 0 Å². The number of carbonyl (C=O) groups is 2. The normalized spacial score (nSPS) is 15.9. The van der Waals surface area contributed by atoms with Crippen molar-refractivity contribution < 1.29 is 14.3 Å². The Morgan fingerprint density at radius 2 is 2.15 bits per heavy atom. The van der Waals surface area contributed by atoms with Crippen LogP contribution in [0.5, 0.6) is 5.75 Å². The van der Waals surface area contributed by atoms with Crippen molar-refractivity contribution in [2.75, 3.05) is 20.2 Å². The zero-order valence-electron chi connectivity index (χ0n) is 11.5. The zero-order valence-corrected chi connectivity index (χ0v) is 13.1. The molecule has 0 unspecified atom stereocenters. The van der Waals surface area contributed by atoms with Gasteiger partial charge < -0.3 is 9.64 Å². The quantitative estimate of drug-likeness (QED) is 0.792. The van der Waals surface area contributed by atoms with Gasteiger partial charge in [0.05, 0.1) is 18.1 Å². The average molecular weight is 340 g/mol. The van der Waals surface area contributed by atoms with E-state index >= 15 is 0 Å². The SMILES string of the molecule is COc1ccc(C(=O)CN2CCCCCC2=O)cc1Br. The molecule has 0 N–H and O–H groups in total. The summed E-state index contributed by atoms with van der Waals surface area (Å²) in [6, 6.07) is 5.22. The van der Waals surface area contributed by atoms with Gasteiger partial charge in [0.2, 0.25) is 5.91 Å². The van der Waals surface area contributed by atoms with Crippen LogP contribution in [0, 0.1) is 0 Å². The van der Waals surface area contributed by atoms with Crippen molar-refractivity contribution in [1.82, 2.24) is 4.90 Å². The highest BCUT2D eigenvalue weighted by atomic mass is 79.9. The standard InChI is InChI=1S/C15H18BrNO3/c1-20-14-7-6-11(9-12(14)16)13(18)10-17-8-4-2-3-5-15(17)19/h6-7,9H,2-5,8,10H2,1H3. The number of hydrogen-bond donors (Lipinski definition) is 0. The molecular formula is C15H18BrNO3. The maximum atomic E-state index is 12.3. The molecule has 0 aromatic heterocycles. The summed E-state index contributed by atoms with van der Waals surface area (Å²) in [5.74, 6) is 0.736. The first-order valence-corrected chi connectivity index (χ1v) is 7.55. The molecule has 0 atom stereocenters. The van der Waals surface area contributed by atoms with E-state index in [0.717, 1.165) is 23.7 Å². The second-order valence-corrected chi connectivity index (χ2v) is 5.75. The van der Waals surface area contributed by atoms with Crippen molar-refractivity contribution in [2.24, 2.45) is 0 Å². The first-order chi connectivity index (χ1) is 9.61. The highest BCUT2D eigenvalue weighted by Crippen LogP contribution is 2.25. The maximum Gasteiger partial charge on any atom is 0.222 e. The zero-order chi connectivity index (χ0) is 14.5. The third kappa shape index (κ3) is 3.60. The first kappa shape index (κ1) is 15.0. The Hall–Kier alpha value is -1.36. The molecule has 1 amide bonds. The number of rotatable bonds is 4. The molecule has 0 saturated carbocycles. The second kappa shape index (κ2) is 6.88. The number of carbonyl (C=O) groups excluding carboxylic acids is 2. The lowest BCUT2D eigenvalue weighted by Gasteiger charge is -2.19. The van der Waals surface area contributed by atoms with Gasteiger partial charge in [-0.2, -0.15) is 0 Å². The number of methoxy groups -OCH3 is 1. The van der Waals surface area contributed by atoms with Gasteiger partial charge in [0, 0.05) is 18.5 Å². The topological polar surface area (TPSA) is 46.6 Å². The molecule has 0 radical (unpaired) electrons. The van der Waals surface area contributed by atoms with E-state index in [-0.39, 0.29) is 18.2 Å². The predicted octanol–water partition coefficient (Wildman–Crippen LogP) is 3.04. The Balaban J connectivity index is 2.07. The number of likely N-dealkylation sites (tertiary alicyclic amines) is 1. The van der Waals surface area contributed by atoms with Crippen LogP contribution in [0.25, 0.3) is 0 Å². The first-order valence-electron chi connectivity index (χ1n) is 6.76. The number of ether oxygens (including phenoxy) is 1. The lowest BCUT2D eigenvalue weighted by molar-refractivity contribution is -0.130. The second-order valence-electron chi connectivity index (χ2n) is 4.90. The van der Waals surface area contributed by atoms with E-state index in [2.05, 4.69) is 15.9 Å². The fraction of sp³-hybridized carbons (Fsp3) is 0.467. The molecule has 1 aromatic rings. The van der Waals surface area contributed by atoms with Crippen LogP contribution in [-0.2, 0) is 4.79 Å². The summed E-state index contributed by atoms with van der Waals surface area (Å²) in [7, 11) is 1.58. The van der Waals surface area contributed by atoms with Gasteiger partial charge in [0.1, 0.15) is 5.75 Å². The summed E-state index contributed by atoms with van der Waals surface area (Å²) >= 11 is 3.37. The van der Waals surface area contributed by atoms with Crippen molar-refractivity contribution >= 4 is 27.6 Å². The summed E-state index contributed by atoms with van der Waals surface area (Å²) in [5.41, 5.74) is 0.592. The minimum Gasteiger partial charge on any atom is -0.496 e. The summed E-state index contributed by atoms with van der Waals surface area (Å²) < 4.78 is 5.88. The van der Waals surface area contributed by atoms with E-state index in [1.54, 1.807) is 30.2 Å². The Bertz CT molecular complexity index is 516. The van der Waals surface area contributed by atoms with E-state index in [0.29, 0.717) is 24.3 Å².